The Balaban J connectivity index is 2.50. The van der Waals surface area contributed by atoms with Crippen LogP contribution in [0.25, 0.3) is 0 Å². The number of aryl methyl sites for hydroxylation is 2. The van der Waals surface area contributed by atoms with Crippen molar-refractivity contribution in [2.24, 2.45) is 0 Å². The molecule has 1 heterocycles. The summed E-state index contributed by atoms with van der Waals surface area (Å²) >= 11 is 1.60. The van der Waals surface area contributed by atoms with Gasteiger partial charge in [0.2, 0.25) is 0 Å². The third-order valence-electron chi connectivity index (χ3n) is 2.92. The highest BCUT2D eigenvalue weighted by atomic mass is 32.2. The van der Waals surface area contributed by atoms with E-state index in [2.05, 4.69) is 10.3 Å². The maximum atomic E-state index is 11.4. The lowest BCUT2D eigenvalue weighted by Crippen LogP contribution is -2.08. The molecule has 0 atom stereocenters. The molecule has 0 aliphatic rings. The summed E-state index contributed by atoms with van der Waals surface area (Å²) in [4.78, 5) is 16.8. The summed E-state index contributed by atoms with van der Waals surface area (Å²) in [5, 5.41) is 12.5. The molecular weight excluding hydrogens is 272 g/mol. The van der Waals surface area contributed by atoms with E-state index in [4.69, 9.17) is 0 Å². The first-order chi connectivity index (χ1) is 9.52. The molecule has 0 unspecified atom stereocenters. The van der Waals surface area contributed by atoms with E-state index in [1.54, 1.807) is 24.8 Å². The molecule has 0 aliphatic heterocycles. The molecule has 0 spiro atoms. The predicted molar refractivity (Wildman–Crippen MR) is 82.2 cm³/mol. The normalized spacial score (nSPS) is 10.3. The van der Waals surface area contributed by atoms with Gasteiger partial charge in [0.15, 0.2) is 0 Å². The SMILES string of the molecule is CSc1ccccc1Nc1nc(C)cc(C)c1C(=O)O. The van der Waals surface area contributed by atoms with Crippen LogP contribution in [0, 0.1) is 13.8 Å². The molecule has 1 aromatic heterocycles. The summed E-state index contributed by atoms with van der Waals surface area (Å²) < 4.78 is 0. The quantitative estimate of drug-likeness (QED) is 0.836. The maximum Gasteiger partial charge on any atom is 0.339 e. The minimum absolute atomic E-state index is 0.214. The molecule has 4 nitrogen and oxygen atoms in total. The number of carboxylic acid groups (broad SMARTS) is 1. The number of nitrogens with zero attached hydrogens (tertiary/aromatic N) is 1. The Labute approximate surface area is 122 Å². The summed E-state index contributed by atoms with van der Waals surface area (Å²) in [5.74, 6) is -0.587. The topological polar surface area (TPSA) is 62.2 Å². The number of thioether (sulfide) groups is 1. The van der Waals surface area contributed by atoms with E-state index >= 15 is 0 Å². The van der Waals surface area contributed by atoms with Crippen LogP contribution in [0.4, 0.5) is 11.5 Å². The minimum atomic E-state index is -0.973. The average molecular weight is 288 g/mol. The maximum absolute atomic E-state index is 11.4. The lowest BCUT2D eigenvalue weighted by atomic mass is 10.1. The van der Waals surface area contributed by atoms with E-state index < -0.39 is 5.97 Å². The van der Waals surface area contributed by atoms with E-state index in [0.29, 0.717) is 11.4 Å². The number of rotatable bonds is 4. The molecule has 2 rings (SSSR count). The monoisotopic (exact) mass is 288 g/mol. The number of hydrogen-bond acceptors (Lipinski definition) is 4. The third-order valence-corrected chi connectivity index (χ3v) is 3.71. The summed E-state index contributed by atoms with van der Waals surface area (Å²) in [5.41, 5.74) is 2.57. The van der Waals surface area contributed by atoms with Gasteiger partial charge in [-0.1, -0.05) is 12.1 Å². The van der Waals surface area contributed by atoms with Crippen LogP contribution < -0.4 is 5.32 Å². The number of carboxylic acids is 1. The van der Waals surface area contributed by atoms with E-state index in [0.717, 1.165) is 16.3 Å². The Hall–Kier alpha value is -2.01. The van der Waals surface area contributed by atoms with Gasteiger partial charge in [-0.25, -0.2) is 9.78 Å². The van der Waals surface area contributed by atoms with Gasteiger partial charge in [-0.3, -0.25) is 0 Å². The molecular formula is C15H16N2O2S. The van der Waals surface area contributed by atoms with E-state index in [9.17, 15) is 9.90 Å². The number of benzene rings is 1. The van der Waals surface area contributed by atoms with Gasteiger partial charge in [0, 0.05) is 10.6 Å². The summed E-state index contributed by atoms with van der Waals surface area (Å²) in [6, 6.07) is 9.53. The second kappa shape index (κ2) is 5.96. The first-order valence-electron chi connectivity index (χ1n) is 6.14. The van der Waals surface area contributed by atoms with Crippen LogP contribution in [0.5, 0.6) is 0 Å². The van der Waals surface area contributed by atoms with Gasteiger partial charge in [-0.2, -0.15) is 0 Å². The van der Waals surface area contributed by atoms with Crippen molar-refractivity contribution in [2.45, 2.75) is 18.7 Å². The zero-order chi connectivity index (χ0) is 14.7. The molecule has 0 aliphatic carbocycles. The second-order valence-electron chi connectivity index (χ2n) is 4.43. The van der Waals surface area contributed by atoms with Crippen LogP contribution >= 0.6 is 11.8 Å². The van der Waals surface area contributed by atoms with Crippen LogP contribution in [0.1, 0.15) is 21.6 Å². The lowest BCUT2D eigenvalue weighted by Gasteiger charge is -2.14. The average Bonchev–Trinajstić information content (AvgIpc) is 2.38. The Morgan fingerprint density at radius 3 is 2.65 bits per heavy atom. The fourth-order valence-electron chi connectivity index (χ4n) is 2.07. The van der Waals surface area contributed by atoms with Crippen molar-refractivity contribution in [2.75, 3.05) is 11.6 Å². The molecule has 0 radical (unpaired) electrons. The molecule has 2 N–H and O–H groups in total. The Kier molecular flexibility index (Phi) is 4.29. The van der Waals surface area contributed by atoms with Crippen LogP contribution in [0.3, 0.4) is 0 Å². The number of para-hydroxylation sites is 1. The smallest absolute Gasteiger partial charge is 0.339 e. The molecule has 2 aromatic rings. The largest absolute Gasteiger partial charge is 0.478 e. The van der Waals surface area contributed by atoms with Crippen molar-refractivity contribution >= 4 is 29.2 Å². The fourth-order valence-corrected chi connectivity index (χ4v) is 2.63. The number of nitrogens with one attached hydrogen (secondary N) is 1. The van der Waals surface area contributed by atoms with Crippen LogP contribution in [0.15, 0.2) is 35.2 Å². The highest BCUT2D eigenvalue weighted by molar-refractivity contribution is 7.98. The Bertz CT molecular complexity index is 656. The summed E-state index contributed by atoms with van der Waals surface area (Å²) in [7, 11) is 0. The number of carbonyl (C=O) groups is 1. The fraction of sp³-hybridized carbons (Fsp3) is 0.200. The molecule has 0 fully saturated rings. The highest BCUT2D eigenvalue weighted by Gasteiger charge is 2.16. The molecule has 0 saturated carbocycles. The predicted octanol–water partition coefficient (Wildman–Crippen LogP) is 3.86. The van der Waals surface area contributed by atoms with Crippen molar-refractivity contribution in [3.05, 3.63) is 47.2 Å². The zero-order valence-electron chi connectivity index (χ0n) is 11.6. The highest BCUT2D eigenvalue weighted by Crippen LogP contribution is 2.29. The summed E-state index contributed by atoms with van der Waals surface area (Å²) in [6.07, 6.45) is 1.98. The van der Waals surface area contributed by atoms with Crippen LogP contribution in [0.2, 0.25) is 0 Å². The van der Waals surface area contributed by atoms with Gasteiger partial charge in [0.05, 0.1) is 5.69 Å². The van der Waals surface area contributed by atoms with Crippen LogP contribution in [-0.4, -0.2) is 22.3 Å². The molecule has 5 heteroatoms. The number of pyridine rings is 1. The van der Waals surface area contributed by atoms with Crippen molar-refractivity contribution < 1.29 is 9.90 Å². The van der Waals surface area contributed by atoms with Crippen molar-refractivity contribution in [3.8, 4) is 0 Å². The van der Waals surface area contributed by atoms with Crippen molar-refractivity contribution in [1.82, 2.24) is 4.98 Å². The molecule has 0 saturated heterocycles. The number of aromatic nitrogens is 1. The van der Waals surface area contributed by atoms with Gasteiger partial charge in [0.25, 0.3) is 0 Å². The minimum Gasteiger partial charge on any atom is -0.478 e. The first kappa shape index (κ1) is 14.4. The third kappa shape index (κ3) is 2.93. The Morgan fingerprint density at radius 1 is 1.30 bits per heavy atom. The lowest BCUT2D eigenvalue weighted by molar-refractivity contribution is 0.0697. The molecule has 20 heavy (non-hydrogen) atoms. The van der Waals surface area contributed by atoms with E-state index in [1.165, 1.54) is 0 Å². The second-order valence-corrected chi connectivity index (χ2v) is 5.28. The van der Waals surface area contributed by atoms with Gasteiger partial charge in [-0.05, 0) is 43.9 Å². The Morgan fingerprint density at radius 2 is 2.00 bits per heavy atom. The van der Waals surface area contributed by atoms with Gasteiger partial charge in [0.1, 0.15) is 11.4 Å². The first-order valence-corrected chi connectivity index (χ1v) is 7.37. The number of hydrogen-bond donors (Lipinski definition) is 2. The molecule has 104 valence electrons. The van der Waals surface area contributed by atoms with Crippen molar-refractivity contribution in [3.63, 3.8) is 0 Å². The molecule has 0 bridgehead atoms. The van der Waals surface area contributed by atoms with E-state index in [1.807, 2.05) is 37.4 Å². The van der Waals surface area contributed by atoms with Gasteiger partial charge in [-0.15, -0.1) is 11.8 Å². The molecule has 0 amide bonds. The number of anilines is 2. The number of aromatic carboxylic acids is 1. The van der Waals surface area contributed by atoms with Gasteiger partial charge >= 0.3 is 5.97 Å². The van der Waals surface area contributed by atoms with Crippen molar-refractivity contribution in [1.29, 1.82) is 0 Å². The van der Waals surface area contributed by atoms with Crippen LogP contribution in [-0.2, 0) is 0 Å². The summed E-state index contributed by atoms with van der Waals surface area (Å²) in [6.45, 7) is 3.63. The molecule has 1 aromatic carbocycles. The standard InChI is InChI=1S/C15H16N2O2S/c1-9-8-10(2)16-14(13(9)15(18)19)17-11-6-4-5-7-12(11)20-3/h4-8H,1-3H3,(H,16,17)(H,18,19). The van der Waals surface area contributed by atoms with E-state index in [-0.39, 0.29) is 5.56 Å². The van der Waals surface area contributed by atoms with Gasteiger partial charge < -0.3 is 10.4 Å². The zero-order valence-corrected chi connectivity index (χ0v) is 12.4.